The van der Waals surface area contributed by atoms with E-state index in [1.54, 1.807) is 6.92 Å². The topological polar surface area (TPSA) is 98.5 Å². The number of rotatable bonds is 7. The minimum absolute atomic E-state index is 0.0628. The number of benzene rings is 1. The van der Waals surface area contributed by atoms with Gasteiger partial charge in [0.25, 0.3) is 0 Å². The smallest absolute Gasteiger partial charge is 0.241 e. The summed E-state index contributed by atoms with van der Waals surface area (Å²) in [5, 5.41) is 0. The van der Waals surface area contributed by atoms with E-state index in [1.807, 2.05) is 6.92 Å². The van der Waals surface area contributed by atoms with Crippen LogP contribution >= 0.6 is 0 Å². The van der Waals surface area contributed by atoms with Crippen molar-refractivity contribution >= 4 is 15.9 Å². The Morgan fingerprint density at radius 3 is 2.30 bits per heavy atom. The maximum Gasteiger partial charge on any atom is 0.241 e. The first kappa shape index (κ1) is 16.5. The third kappa shape index (κ3) is 3.94. The molecule has 0 aliphatic rings. The van der Waals surface area contributed by atoms with Crippen LogP contribution in [0.2, 0.25) is 0 Å². The Morgan fingerprint density at radius 1 is 1.35 bits per heavy atom. The summed E-state index contributed by atoms with van der Waals surface area (Å²) in [4.78, 5) is 11.4. The molecule has 0 spiro atoms. The summed E-state index contributed by atoms with van der Waals surface area (Å²) < 4.78 is 31.7. The second-order valence-electron chi connectivity index (χ2n) is 4.56. The van der Waals surface area contributed by atoms with Crippen LogP contribution in [0.1, 0.15) is 20.3 Å². The van der Waals surface area contributed by atoms with Crippen LogP contribution in [-0.2, 0) is 14.8 Å². The summed E-state index contributed by atoms with van der Waals surface area (Å²) in [6.07, 6.45) is 0.638. The van der Waals surface area contributed by atoms with E-state index in [1.165, 1.54) is 31.4 Å². The Bertz CT molecular complexity index is 554. The normalized spacial score (nSPS) is 14.6. The number of nitrogens with one attached hydrogen (secondary N) is 1. The van der Waals surface area contributed by atoms with E-state index in [-0.39, 0.29) is 10.8 Å². The molecule has 1 aromatic rings. The van der Waals surface area contributed by atoms with Crippen LogP contribution in [0.4, 0.5) is 0 Å². The highest BCUT2D eigenvalue weighted by molar-refractivity contribution is 7.89. The minimum atomic E-state index is -3.79. The van der Waals surface area contributed by atoms with Gasteiger partial charge in [-0.25, -0.2) is 8.42 Å². The van der Waals surface area contributed by atoms with Gasteiger partial charge < -0.3 is 10.5 Å². The average molecular weight is 300 g/mol. The van der Waals surface area contributed by atoms with Gasteiger partial charge in [-0.3, -0.25) is 4.79 Å². The molecular formula is C13H20N2O4S. The predicted molar refractivity (Wildman–Crippen MR) is 75.8 cm³/mol. The summed E-state index contributed by atoms with van der Waals surface area (Å²) in [7, 11) is -2.30. The van der Waals surface area contributed by atoms with Crippen LogP contribution in [0.3, 0.4) is 0 Å². The molecule has 112 valence electrons. The number of nitrogens with two attached hydrogens (primary N) is 1. The first-order valence-electron chi connectivity index (χ1n) is 6.27. The maximum atomic E-state index is 12.2. The van der Waals surface area contributed by atoms with Gasteiger partial charge in [0.2, 0.25) is 15.9 Å². The molecule has 0 aromatic heterocycles. The molecule has 1 rings (SSSR count). The molecule has 2 atom stereocenters. The highest BCUT2D eigenvalue weighted by Crippen LogP contribution is 2.17. The monoisotopic (exact) mass is 300 g/mol. The Balaban J connectivity index is 3.00. The van der Waals surface area contributed by atoms with Crippen LogP contribution in [0.5, 0.6) is 5.75 Å². The summed E-state index contributed by atoms with van der Waals surface area (Å²) in [6, 6.07) is 4.98. The molecule has 0 saturated heterocycles. The average Bonchev–Trinajstić information content (AvgIpc) is 2.43. The zero-order valence-corrected chi connectivity index (χ0v) is 12.6. The number of ether oxygens (including phenoxy) is 1. The van der Waals surface area contributed by atoms with Crippen LogP contribution in [0, 0.1) is 5.92 Å². The van der Waals surface area contributed by atoms with E-state index >= 15 is 0 Å². The lowest BCUT2D eigenvalue weighted by Gasteiger charge is -2.21. The number of methoxy groups -OCH3 is 1. The second-order valence-corrected chi connectivity index (χ2v) is 6.28. The molecule has 0 fully saturated rings. The molecule has 1 amide bonds. The van der Waals surface area contributed by atoms with Crippen molar-refractivity contribution in [2.75, 3.05) is 7.11 Å². The van der Waals surface area contributed by atoms with Gasteiger partial charge in [-0.2, -0.15) is 4.72 Å². The molecule has 7 heteroatoms. The molecule has 0 bridgehead atoms. The number of primary amides is 1. The van der Waals surface area contributed by atoms with Crippen molar-refractivity contribution in [2.45, 2.75) is 31.2 Å². The van der Waals surface area contributed by atoms with E-state index in [0.29, 0.717) is 12.2 Å². The van der Waals surface area contributed by atoms with Gasteiger partial charge in [0.05, 0.1) is 12.0 Å². The Morgan fingerprint density at radius 2 is 1.90 bits per heavy atom. The fourth-order valence-corrected chi connectivity index (χ4v) is 2.99. The Kier molecular flexibility index (Phi) is 5.52. The molecule has 0 heterocycles. The van der Waals surface area contributed by atoms with Gasteiger partial charge >= 0.3 is 0 Å². The van der Waals surface area contributed by atoms with E-state index in [0.717, 1.165) is 0 Å². The van der Waals surface area contributed by atoms with Gasteiger partial charge in [-0.15, -0.1) is 0 Å². The number of carbonyl (C=O) groups excluding carboxylic acids is 1. The molecule has 3 N–H and O–H groups in total. The number of carbonyl (C=O) groups is 1. The number of sulfonamides is 1. The van der Waals surface area contributed by atoms with Crippen molar-refractivity contribution in [3.63, 3.8) is 0 Å². The summed E-state index contributed by atoms with van der Waals surface area (Å²) in [5.41, 5.74) is 5.26. The third-order valence-electron chi connectivity index (χ3n) is 3.17. The van der Waals surface area contributed by atoms with E-state index < -0.39 is 22.0 Å². The standard InChI is InChI=1S/C13H20N2O4S/c1-4-9(2)12(13(14)16)15-20(17,18)11-7-5-10(19-3)6-8-11/h5-9,12,15H,4H2,1-3H3,(H2,14,16). The first-order chi connectivity index (χ1) is 9.31. The maximum absolute atomic E-state index is 12.2. The van der Waals surface area contributed by atoms with Gasteiger partial charge in [0, 0.05) is 0 Å². The fraction of sp³-hybridized carbons (Fsp3) is 0.462. The zero-order valence-electron chi connectivity index (χ0n) is 11.8. The van der Waals surface area contributed by atoms with Crippen molar-refractivity contribution < 1.29 is 17.9 Å². The highest BCUT2D eigenvalue weighted by atomic mass is 32.2. The van der Waals surface area contributed by atoms with Crippen LogP contribution in [-0.4, -0.2) is 27.5 Å². The molecule has 2 unspecified atom stereocenters. The SMILES string of the molecule is CCC(C)C(NS(=O)(=O)c1ccc(OC)cc1)C(N)=O. The molecule has 1 aromatic carbocycles. The predicted octanol–water partition coefficient (Wildman–Crippen LogP) is 0.873. The third-order valence-corrected chi connectivity index (χ3v) is 4.63. The Labute approximate surface area is 119 Å². The van der Waals surface area contributed by atoms with E-state index in [9.17, 15) is 13.2 Å². The molecule has 0 saturated carbocycles. The van der Waals surface area contributed by atoms with E-state index in [2.05, 4.69) is 4.72 Å². The number of amides is 1. The molecular weight excluding hydrogens is 280 g/mol. The fourth-order valence-electron chi connectivity index (χ4n) is 1.68. The Hall–Kier alpha value is -1.60. The molecule has 0 radical (unpaired) electrons. The molecule has 0 aliphatic carbocycles. The van der Waals surface area contributed by atoms with Crippen molar-refractivity contribution in [2.24, 2.45) is 11.7 Å². The van der Waals surface area contributed by atoms with Crippen molar-refractivity contribution in [1.82, 2.24) is 4.72 Å². The lowest BCUT2D eigenvalue weighted by Crippen LogP contribution is -2.48. The van der Waals surface area contributed by atoms with Crippen LogP contribution < -0.4 is 15.2 Å². The van der Waals surface area contributed by atoms with Crippen LogP contribution in [0.25, 0.3) is 0 Å². The second kappa shape index (κ2) is 6.71. The lowest BCUT2D eigenvalue weighted by atomic mass is 10.00. The van der Waals surface area contributed by atoms with Crippen molar-refractivity contribution in [3.8, 4) is 5.75 Å². The van der Waals surface area contributed by atoms with Gasteiger partial charge in [-0.1, -0.05) is 20.3 Å². The number of hydrogen-bond donors (Lipinski definition) is 2. The van der Waals surface area contributed by atoms with Crippen LogP contribution in [0.15, 0.2) is 29.2 Å². The first-order valence-corrected chi connectivity index (χ1v) is 7.75. The van der Waals surface area contributed by atoms with Gasteiger partial charge in [-0.05, 0) is 30.2 Å². The van der Waals surface area contributed by atoms with Gasteiger partial charge in [0.15, 0.2) is 0 Å². The number of hydrogen-bond acceptors (Lipinski definition) is 4. The van der Waals surface area contributed by atoms with Crippen molar-refractivity contribution in [3.05, 3.63) is 24.3 Å². The summed E-state index contributed by atoms with van der Waals surface area (Å²) in [5.74, 6) is -0.311. The molecule has 0 aliphatic heterocycles. The van der Waals surface area contributed by atoms with E-state index in [4.69, 9.17) is 10.5 Å². The molecule has 20 heavy (non-hydrogen) atoms. The lowest BCUT2D eigenvalue weighted by molar-refractivity contribution is -0.120. The highest BCUT2D eigenvalue weighted by Gasteiger charge is 2.27. The largest absolute Gasteiger partial charge is 0.497 e. The molecule has 6 nitrogen and oxygen atoms in total. The quantitative estimate of drug-likeness (QED) is 0.780. The van der Waals surface area contributed by atoms with Gasteiger partial charge in [0.1, 0.15) is 11.8 Å². The minimum Gasteiger partial charge on any atom is -0.497 e. The zero-order chi connectivity index (χ0) is 15.3. The van der Waals surface area contributed by atoms with Crippen molar-refractivity contribution in [1.29, 1.82) is 0 Å². The summed E-state index contributed by atoms with van der Waals surface area (Å²) in [6.45, 7) is 3.63. The summed E-state index contributed by atoms with van der Waals surface area (Å²) >= 11 is 0.